The Kier molecular flexibility index (Phi) is 5.80. The van der Waals surface area contributed by atoms with Gasteiger partial charge in [0.25, 0.3) is 0 Å². The van der Waals surface area contributed by atoms with Crippen molar-refractivity contribution >= 4 is 35.0 Å². The number of rotatable bonds is 6. The molecule has 0 atom stereocenters. The van der Waals surface area contributed by atoms with E-state index in [1.165, 1.54) is 18.9 Å². The predicted molar refractivity (Wildman–Crippen MR) is 102 cm³/mol. The number of benzene rings is 2. The maximum absolute atomic E-state index is 12.4. The van der Waals surface area contributed by atoms with Gasteiger partial charge in [-0.3, -0.25) is 4.79 Å². The molecule has 2 aromatic carbocycles. The minimum atomic E-state index is -0.155. The minimum Gasteiger partial charge on any atom is -0.495 e. The van der Waals surface area contributed by atoms with Gasteiger partial charge in [0.2, 0.25) is 12.2 Å². The SMILES string of the molecule is COc1cc(Cl)c(C)cc1NC(=O)CSc1nc[nH][n+]1-c1ccccc1. The van der Waals surface area contributed by atoms with E-state index in [1.54, 1.807) is 18.5 Å². The van der Waals surface area contributed by atoms with Gasteiger partial charge in [0.05, 0.1) is 18.6 Å². The van der Waals surface area contributed by atoms with E-state index in [-0.39, 0.29) is 11.7 Å². The second-order valence-electron chi connectivity index (χ2n) is 5.48. The lowest BCUT2D eigenvalue weighted by atomic mass is 10.2. The van der Waals surface area contributed by atoms with Crippen LogP contribution in [0.3, 0.4) is 0 Å². The number of aromatic nitrogens is 3. The molecule has 26 heavy (non-hydrogen) atoms. The molecule has 0 fully saturated rings. The molecule has 0 saturated heterocycles. The van der Waals surface area contributed by atoms with Crippen LogP contribution in [0.4, 0.5) is 5.69 Å². The van der Waals surface area contributed by atoms with Gasteiger partial charge in [-0.25, -0.2) is 0 Å². The molecular weight excluding hydrogens is 372 g/mol. The highest BCUT2D eigenvalue weighted by atomic mass is 35.5. The van der Waals surface area contributed by atoms with E-state index in [0.29, 0.717) is 21.6 Å². The van der Waals surface area contributed by atoms with Gasteiger partial charge < -0.3 is 10.1 Å². The molecule has 0 saturated carbocycles. The highest BCUT2D eigenvalue weighted by Gasteiger charge is 2.19. The highest BCUT2D eigenvalue weighted by Crippen LogP contribution is 2.31. The Morgan fingerprint density at radius 1 is 1.35 bits per heavy atom. The zero-order valence-corrected chi connectivity index (χ0v) is 15.9. The third-order valence-electron chi connectivity index (χ3n) is 3.65. The smallest absolute Gasteiger partial charge is 0.385 e. The van der Waals surface area contributed by atoms with Crippen LogP contribution >= 0.6 is 23.4 Å². The number of hydrogen-bond acceptors (Lipinski definition) is 4. The van der Waals surface area contributed by atoms with Crippen LogP contribution in [0.2, 0.25) is 5.02 Å². The van der Waals surface area contributed by atoms with E-state index in [4.69, 9.17) is 16.3 Å². The Hall–Kier alpha value is -2.51. The number of anilines is 1. The summed E-state index contributed by atoms with van der Waals surface area (Å²) < 4.78 is 7.11. The Bertz CT molecular complexity index is 915. The number of amides is 1. The van der Waals surface area contributed by atoms with Gasteiger partial charge in [0.15, 0.2) is 5.69 Å². The molecule has 3 rings (SSSR count). The van der Waals surface area contributed by atoms with E-state index >= 15 is 0 Å². The van der Waals surface area contributed by atoms with Gasteiger partial charge in [0.1, 0.15) is 5.75 Å². The number of methoxy groups -OCH3 is 1. The number of carbonyl (C=O) groups is 1. The predicted octanol–water partition coefficient (Wildman–Crippen LogP) is 3.39. The Morgan fingerprint density at radius 2 is 2.12 bits per heavy atom. The Labute approximate surface area is 160 Å². The van der Waals surface area contributed by atoms with Crippen LogP contribution in [0.5, 0.6) is 5.75 Å². The van der Waals surface area contributed by atoms with Crippen LogP contribution in [0.1, 0.15) is 5.56 Å². The first-order valence-corrected chi connectivity index (χ1v) is 9.22. The molecule has 134 valence electrons. The van der Waals surface area contributed by atoms with Crippen LogP contribution in [0.25, 0.3) is 5.69 Å². The zero-order chi connectivity index (χ0) is 18.5. The summed E-state index contributed by atoms with van der Waals surface area (Å²) >= 11 is 7.43. The number of carbonyl (C=O) groups excluding carboxylic acids is 1. The quantitative estimate of drug-likeness (QED) is 0.500. The van der Waals surface area contributed by atoms with E-state index in [1.807, 2.05) is 41.9 Å². The molecule has 0 radical (unpaired) electrons. The lowest BCUT2D eigenvalue weighted by Crippen LogP contribution is -2.35. The number of nitrogens with one attached hydrogen (secondary N) is 2. The fourth-order valence-corrected chi connectivity index (χ4v) is 3.27. The van der Waals surface area contributed by atoms with Crippen LogP contribution in [-0.2, 0) is 4.79 Å². The van der Waals surface area contributed by atoms with Crippen LogP contribution in [0.15, 0.2) is 53.9 Å². The zero-order valence-electron chi connectivity index (χ0n) is 14.3. The molecule has 6 nitrogen and oxygen atoms in total. The van der Waals surface area contributed by atoms with Crippen LogP contribution < -0.4 is 14.7 Å². The van der Waals surface area contributed by atoms with Crippen LogP contribution in [-0.4, -0.2) is 28.9 Å². The first-order valence-electron chi connectivity index (χ1n) is 7.86. The third-order valence-corrected chi connectivity index (χ3v) is 5.01. The second kappa shape index (κ2) is 8.25. The van der Waals surface area contributed by atoms with Crippen molar-refractivity contribution in [2.75, 3.05) is 18.2 Å². The number of thioether (sulfide) groups is 1. The monoisotopic (exact) mass is 389 g/mol. The fraction of sp³-hybridized carbons (Fsp3) is 0.167. The first-order chi connectivity index (χ1) is 12.6. The molecule has 1 heterocycles. The first kappa shape index (κ1) is 18.3. The molecule has 1 aromatic heterocycles. The molecule has 0 aliphatic heterocycles. The molecule has 0 unspecified atom stereocenters. The van der Waals surface area contributed by atoms with Crippen molar-refractivity contribution in [3.05, 3.63) is 59.4 Å². The standard InChI is InChI=1S/C18H17ClN4O2S/c1-12-8-15(16(25-2)9-14(12)19)22-17(24)10-26-18-20-11-21-23(18)13-6-4-3-5-7-13/h3-9,11H,10H2,1-2H3,(H,22,24)/p+1. The third kappa shape index (κ3) is 4.17. The van der Waals surface area contributed by atoms with Gasteiger partial charge in [-0.05, 0) is 47.4 Å². The van der Waals surface area contributed by atoms with Crippen molar-refractivity contribution in [3.63, 3.8) is 0 Å². The number of aryl methyl sites for hydroxylation is 1. The molecule has 1 amide bonds. The molecule has 3 aromatic rings. The average molecular weight is 390 g/mol. The summed E-state index contributed by atoms with van der Waals surface area (Å²) in [5, 5.41) is 7.20. The maximum Gasteiger partial charge on any atom is 0.385 e. The summed E-state index contributed by atoms with van der Waals surface area (Å²) in [7, 11) is 1.54. The van der Waals surface area contributed by atoms with Gasteiger partial charge >= 0.3 is 5.16 Å². The summed E-state index contributed by atoms with van der Waals surface area (Å²) in [5.41, 5.74) is 2.41. The van der Waals surface area contributed by atoms with E-state index in [9.17, 15) is 4.79 Å². The Morgan fingerprint density at radius 3 is 2.85 bits per heavy atom. The lowest BCUT2D eigenvalue weighted by Gasteiger charge is -2.11. The summed E-state index contributed by atoms with van der Waals surface area (Å²) in [6.45, 7) is 1.87. The second-order valence-corrected chi connectivity index (χ2v) is 6.83. The van der Waals surface area contributed by atoms with Gasteiger partial charge in [0, 0.05) is 11.1 Å². The van der Waals surface area contributed by atoms with Crippen molar-refractivity contribution in [2.45, 2.75) is 12.1 Å². The molecule has 0 aliphatic carbocycles. The number of para-hydroxylation sites is 1. The molecule has 2 N–H and O–H groups in total. The number of ether oxygens (including phenoxy) is 1. The normalized spacial score (nSPS) is 10.6. The van der Waals surface area contributed by atoms with E-state index < -0.39 is 0 Å². The Balaban J connectivity index is 1.68. The molecule has 0 aliphatic rings. The topological polar surface area (TPSA) is 70.9 Å². The van der Waals surface area contributed by atoms with E-state index in [0.717, 1.165) is 11.3 Å². The summed E-state index contributed by atoms with van der Waals surface area (Å²) in [4.78, 5) is 16.6. The molecule has 0 bridgehead atoms. The highest BCUT2D eigenvalue weighted by molar-refractivity contribution is 7.99. The largest absolute Gasteiger partial charge is 0.495 e. The summed E-state index contributed by atoms with van der Waals surface area (Å²) in [5.74, 6) is 0.582. The van der Waals surface area contributed by atoms with Crippen LogP contribution in [0, 0.1) is 6.92 Å². The maximum atomic E-state index is 12.4. The van der Waals surface area contributed by atoms with Gasteiger partial charge in [-0.2, -0.15) is 5.10 Å². The number of aromatic amines is 1. The lowest BCUT2D eigenvalue weighted by molar-refractivity contribution is -0.694. The summed E-state index contributed by atoms with van der Waals surface area (Å²) in [6, 6.07) is 13.2. The van der Waals surface area contributed by atoms with Crippen molar-refractivity contribution < 1.29 is 14.2 Å². The number of hydrogen-bond donors (Lipinski definition) is 2. The number of halogens is 1. The minimum absolute atomic E-state index is 0.155. The van der Waals surface area contributed by atoms with Crippen molar-refractivity contribution in [1.29, 1.82) is 0 Å². The van der Waals surface area contributed by atoms with Crippen molar-refractivity contribution in [2.24, 2.45) is 0 Å². The van der Waals surface area contributed by atoms with Gasteiger partial charge in [-0.1, -0.05) is 29.8 Å². The average Bonchev–Trinajstić information content (AvgIpc) is 3.12. The van der Waals surface area contributed by atoms with E-state index in [2.05, 4.69) is 15.4 Å². The van der Waals surface area contributed by atoms with Gasteiger partial charge in [-0.15, -0.1) is 4.68 Å². The molecule has 8 heteroatoms. The molecule has 0 spiro atoms. The number of nitrogens with zero attached hydrogens (tertiary/aromatic N) is 2. The number of H-pyrrole nitrogens is 1. The summed E-state index contributed by atoms with van der Waals surface area (Å²) in [6.07, 6.45) is 1.60. The molecular formula is C18H18ClN4O2S+. The van der Waals surface area contributed by atoms with Crippen molar-refractivity contribution in [3.8, 4) is 11.4 Å². The fourth-order valence-electron chi connectivity index (χ4n) is 2.36. The van der Waals surface area contributed by atoms with Crippen molar-refractivity contribution in [1.82, 2.24) is 10.1 Å².